The van der Waals surface area contributed by atoms with Gasteiger partial charge in [-0.3, -0.25) is 10.1 Å². The lowest BCUT2D eigenvalue weighted by atomic mass is 10.1. The fourth-order valence-electron chi connectivity index (χ4n) is 2.46. The van der Waals surface area contributed by atoms with Crippen molar-refractivity contribution in [2.45, 2.75) is 18.7 Å². The zero-order chi connectivity index (χ0) is 23.1. The van der Waals surface area contributed by atoms with Crippen LogP contribution in [0.25, 0.3) is 6.08 Å². The van der Waals surface area contributed by atoms with Crippen LogP contribution in [0.3, 0.4) is 0 Å². The van der Waals surface area contributed by atoms with E-state index in [1.165, 1.54) is 13.0 Å². The number of carbonyl (C=O) groups is 1. The highest BCUT2D eigenvalue weighted by molar-refractivity contribution is 9.10. The van der Waals surface area contributed by atoms with Crippen LogP contribution >= 0.6 is 27.5 Å². The molecule has 1 heterocycles. The van der Waals surface area contributed by atoms with Gasteiger partial charge >= 0.3 is 0 Å². The van der Waals surface area contributed by atoms with Crippen molar-refractivity contribution in [3.63, 3.8) is 0 Å². The summed E-state index contributed by atoms with van der Waals surface area (Å²) in [7, 11) is -3.58. The van der Waals surface area contributed by atoms with E-state index in [1.807, 2.05) is 36.4 Å². The molecule has 0 atom stereocenters. The number of ether oxygens (including phenoxy) is 1. The van der Waals surface area contributed by atoms with Crippen LogP contribution in [0.4, 0.5) is 5.13 Å². The normalized spacial score (nSPS) is 11.6. The first-order valence-electron chi connectivity index (χ1n) is 9.28. The quantitative estimate of drug-likeness (QED) is 0.340. The molecule has 3 rings (SSSR count). The Bertz CT molecular complexity index is 1300. The Hall–Kier alpha value is -3.07. The molecule has 0 saturated carbocycles. The fraction of sp³-hybridized carbons (Fsp3) is 0.143. The average Bonchev–Trinajstić information content (AvgIpc) is 3.27. The molecule has 0 saturated heterocycles. The van der Waals surface area contributed by atoms with Gasteiger partial charge < -0.3 is 4.74 Å². The van der Waals surface area contributed by atoms with Gasteiger partial charge in [-0.15, -0.1) is 0 Å². The Kier molecular flexibility index (Phi) is 7.74. The van der Waals surface area contributed by atoms with Crippen molar-refractivity contribution in [3.8, 4) is 11.8 Å². The summed E-state index contributed by atoms with van der Waals surface area (Å²) in [6.45, 7) is 1.87. The molecule has 32 heavy (non-hydrogen) atoms. The molecule has 0 bridgehead atoms. The molecule has 2 aromatic carbocycles. The molecule has 0 fully saturated rings. The number of halogens is 1. The van der Waals surface area contributed by atoms with Crippen molar-refractivity contribution in [3.05, 3.63) is 69.7 Å². The van der Waals surface area contributed by atoms with Crippen LogP contribution in [0.5, 0.6) is 5.75 Å². The van der Waals surface area contributed by atoms with Gasteiger partial charge in [-0.2, -0.15) is 14.6 Å². The van der Waals surface area contributed by atoms with E-state index in [1.54, 1.807) is 18.2 Å². The SMILES string of the molecule is CCS(=O)(=O)c1nsc(NC(=O)C(C#N)=Cc2ccc(OCc3ccccc3)c(Br)c2)n1. The second-order valence-electron chi connectivity index (χ2n) is 6.37. The second-order valence-corrected chi connectivity index (χ2v) is 10.2. The van der Waals surface area contributed by atoms with Gasteiger partial charge in [-0.25, -0.2) is 8.42 Å². The van der Waals surface area contributed by atoms with E-state index in [2.05, 4.69) is 30.6 Å². The molecule has 11 heteroatoms. The summed E-state index contributed by atoms with van der Waals surface area (Å²) in [5.41, 5.74) is 1.45. The Morgan fingerprint density at radius 2 is 2.03 bits per heavy atom. The number of nitrogens with zero attached hydrogens (tertiary/aromatic N) is 3. The number of nitrogens with one attached hydrogen (secondary N) is 1. The number of hydrogen-bond acceptors (Lipinski definition) is 8. The maximum atomic E-state index is 12.4. The van der Waals surface area contributed by atoms with Gasteiger partial charge in [0.15, 0.2) is 0 Å². The summed E-state index contributed by atoms with van der Waals surface area (Å²) in [4.78, 5) is 16.3. The minimum absolute atomic E-state index is 0.00554. The number of benzene rings is 2. The molecule has 0 aliphatic rings. The first kappa shape index (κ1) is 23.6. The molecule has 0 spiro atoms. The Morgan fingerprint density at radius 1 is 1.28 bits per heavy atom. The van der Waals surface area contributed by atoms with Crippen LogP contribution in [0.15, 0.2) is 63.7 Å². The summed E-state index contributed by atoms with van der Waals surface area (Å²) in [6, 6.07) is 16.7. The van der Waals surface area contributed by atoms with Gasteiger partial charge in [0.1, 0.15) is 24.0 Å². The van der Waals surface area contributed by atoms with E-state index in [9.17, 15) is 18.5 Å². The lowest BCUT2D eigenvalue weighted by molar-refractivity contribution is -0.112. The third kappa shape index (κ3) is 6.00. The standard InChI is InChI=1S/C21H17BrN4O4S2/c1-2-32(28,29)21-25-20(31-26-21)24-19(27)16(12-23)10-15-8-9-18(17(22)11-15)30-13-14-6-4-3-5-7-14/h3-11H,2,13H2,1H3,(H,24,25,26,27). The number of hydrogen-bond donors (Lipinski definition) is 1. The third-order valence-electron chi connectivity index (χ3n) is 4.16. The van der Waals surface area contributed by atoms with Crippen LogP contribution in [-0.2, 0) is 21.2 Å². The summed E-state index contributed by atoms with van der Waals surface area (Å²) < 4.78 is 33.8. The van der Waals surface area contributed by atoms with Gasteiger partial charge in [-0.1, -0.05) is 43.3 Å². The summed E-state index contributed by atoms with van der Waals surface area (Å²) >= 11 is 4.17. The second kappa shape index (κ2) is 10.5. The minimum atomic E-state index is -3.58. The summed E-state index contributed by atoms with van der Waals surface area (Å²) in [5, 5.41) is 11.5. The van der Waals surface area contributed by atoms with Crippen molar-refractivity contribution >= 4 is 54.4 Å². The number of nitriles is 1. The Labute approximate surface area is 197 Å². The molecule has 8 nitrogen and oxygen atoms in total. The molecule has 0 radical (unpaired) electrons. The van der Waals surface area contributed by atoms with Crippen LogP contribution in [0.1, 0.15) is 18.1 Å². The van der Waals surface area contributed by atoms with Gasteiger partial charge in [0.05, 0.1) is 10.2 Å². The highest BCUT2D eigenvalue weighted by Gasteiger charge is 2.20. The first-order valence-corrected chi connectivity index (χ1v) is 12.5. The molecule has 1 amide bonds. The van der Waals surface area contributed by atoms with E-state index < -0.39 is 15.7 Å². The lowest BCUT2D eigenvalue weighted by Crippen LogP contribution is -2.13. The molecule has 0 aliphatic heterocycles. The smallest absolute Gasteiger partial charge is 0.268 e. The van der Waals surface area contributed by atoms with Crippen molar-refractivity contribution in [1.82, 2.24) is 9.36 Å². The molecule has 0 aliphatic carbocycles. The highest BCUT2D eigenvalue weighted by Crippen LogP contribution is 2.28. The van der Waals surface area contributed by atoms with Crippen molar-refractivity contribution in [1.29, 1.82) is 5.26 Å². The van der Waals surface area contributed by atoms with Gasteiger partial charge in [0.2, 0.25) is 15.0 Å². The minimum Gasteiger partial charge on any atom is -0.488 e. The average molecular weight is 533 g/mol. The fourth-order valence-corrected chi connectivity index (χ4v) is 4.55. The number of carbonyl (C=O) groups excluding carboxylic acids is 1. The molecule has 1 N–H and O–H groups in total. The zero-order valence-corrected chi connectivity index (χ0v) is 20.0. The van der Waals surface area contributed by atoms with Crippen molar-refractivity contribution < 1.29 is 17.9 Å². The molecule has 0 unspecified atom stereocenters. The van der Waals surface area contributed by atoms with E-state index in [0.29, 0.717) is 22.4 Å². The maximum absolute atomic E-state index is 12.4. The zero-order valence-electron chi connectivity index (χ0n) is 16.8. The number of amides is 1. The topological polar surface area (TPSA) is 122 Å². The van der Waals surface area contributed by atoms with Crippen molar-refractivity contribution in [2.24, 2.45) is 0 Å². The van der Waals surface area contributed by atoms with Gasteiger partial charge in [-0.05, 0) is 45.3 Å². The number of sulfone groups is 1. The predicted molar refractivity (Wildman–Crippen MR) is 125 cm³/mol. The number of anilines is 1. The van der Waals surface area contributed by atoms with Crippen LogP contribution in [0.2, 0.25) is 0 Å². The van der Waals surface area contributed by atoms with Crippen LogP contribution in [0, 0.1) is 11.3 Å². The van der Waals surface area contributed by atoms with Gasteiger partial charge in [0, 0.05) is 11.5 Å². The third-order valence-corrected chi connectivity index (χ3v) is 7.02. The summed E-state index contributed by atoms with van der Waals surface area (Å²) in [6.07, 6.45) is 1.41. The monoisotopic (exact) mass is 532 g/mol. The molecular weight excluding hydrogens is 516 g/mol. The van der Waals surface area contributed by atoms with Crippen molar-refractivity contribution in [2.75, 3.05) is 11.1 Å². The Morgan fingerprint density at radius 3 is 2.69 bits per heavy atom. The number of aromatic nitrogens is 2. The predicted octanol–water partition coefficient (Wildman–Crippen LogP) is 4.22. The first-order chi connectivity index (χ1) is 15.3. The maximum Gasteiger partial charge on any atom is 0.268 e. The van der Waals surface area contributed by atoms with E-state index in [0.717, 1.165) is 17.1 Å². The molecule has 1 aromatic heterocycles. The molecule has 3 aromatic rings. The van der Waals surface area contributed by atoms with E-state index in [-0.39, 0.29) is 21.6 Å². The highest BCUT2D eigenvalue weighted by atomic mass is 79.9. The number of rotatable bonds is 8. The van der Waals surface area contributed by atoms with Crippen LogP contribution in [-0.4, -0.2) is 29.4 Å². The van der Waals surface area contributed by atoms with E-state index >= 15 is 0 Å². The summed E-state index contributed by atoms with van der Waals surface area (Å²) in [5.74, 6) is -0.252. The Balaban J connectivity index is 1.71. The van der Waals surface area contributed by atoms with Crippen LogP contribution < -0.4 is 10.1 Å². The molecular formula is C21H17BrN4O4S2. The van der Waals surface area contributed by atoms with Gasteiger partial charge in [0.25, 0.3) is 11.1 Å². The van der Waals surface area contributed by atoms with E-state index in [4.69, 9.17) is 4.74 Å². The molecule has 164 valence electrons. The lowest BCUT2D eigenvalue weighted by Gasteiger charge is -2.09. The largest absolute Gasteiger partial charge is 0.488 e.